The van der Waals surface area contributed by atoms with E-state index >= 15 is 0 Å². The number of rotatable bonds is 4. The molecule has 0 spiro atoms. The molecule has 0 saturated heterocycles. The lowest BCUT2D eigenvalue weighted by atomic mass is 10.0. The molecule has 158 valence electrons. The molecule has 0 aromatic heterocycles. The Morgan fingerprint density at radius 2 is 1.74 bits per heavy atom. The van der Waals surface area contributed by atoms with Gasteiger partial charge >= 0.3 is 6.18 Å². The maximum absolute atomic E-state index is 13.6. The molecule has 2 heterocycles. The van der Waals surface area contributed by atoms with Crippen LogP contribution in [0.15, 0.2) is 90.4 Å². The molecule has 1 amide bonds. The number of carbonyl (C=O) groups excluding carboxylic acids is 1. The Morgan fingerprint density at radius 1 is 1.03 bits per heavy atom. The molecule has 0 bridgehead atoms. The van der Waals surface area contributed by atoms with Crippen LogP contribution in [0.25, 0.3) is 0 Å². The van der Waals surface area contributed by atoms with Crippen molar-refractivity contribution in [2.45, 2.75) is 30.7 Å². The van der Waals surface area contributed by atoms with E-state index in [1.807, 2.05) is 30.3 Å². The molecule has 31 heavy (non-hydrogen) atoms. The van der Waals surface area contributed by atoms with Crippen LogP contribution in [0.1, 0.15) is 35.7 Å². The molecule has 2 aromatic carbocycles. The second-order valence-corrected chi connectivity index (χ2v) is 7.90. The number of halogens is 3. The third-order valence-corrected chi connectivity index (χ3v) is 5.92. The zero-order valence-corrected chi connectivity index (χ0v) is 16.5. The summed E-state index contributed by atoms with van der Waals surface area (Å²) >= 11 is 0. The second-order valence-electron chi connectivity index (χ2n) is 7.90. The summed E-state index contributed by atoms with van der Waals surface area (Å²) in [4.78, 5) is 14.9. The average molecular weight is 423 g/mol. The molecule has 2 N–H and O–H groups in total. The van der Waals surface area contributed by atoms with Crippen LogP contribution >= 0.6 is 0 Å². The highest BCUT2D eigenvalue weighted by molar-refractivity contribution is 5.95. The van der Waals surface area contributed by atoms with Crippen molar-refractivity contribution in [3.63, 3.8) is 0 Å². The predicted octanol–water partition coefficient (Wildman–Crippen LogP) is 4.71. The fourth-order valence-corrected chi connectivity index (χ4v) is 4.22. The first-order valence-electron chi connectivity index (χ1n) is 10.1. The third-order valence-electron chi connectivity index (χ3n) is 5.92. The lowest BCUT2D eigenvalue weighted by molar-refractivity contribution is -0.138. The van der Waals surface area contributed by atoms with Crippen LogP contribution in [0.2, 0.25) is 0 Å². The summed E-state index contributed by atoms with van der Waals surface area (Å²) in [7, 11) is 0. The molecule has 4 nitrogen and oxygen atoms in total. The molecule has 0 radical (unpaired) electrons. The van der Waals surface area contributed by atoms with Crippen LogP contribution in [-0.4, -0.2) is 10.8 Å². The monoisotopic (exact) mass is 423 g/mol. The number of benzene rings is 2. The number of carbonyl (C=O) groups is 1. The van der Waals surface area contributed by atoms with Crippen molar-refractivity contribution in [3.8, 4) is 0 Å². The Kier molecular flexibility index (Phi) is 4.43. The van der Waals surface area contributed by atoms with Crippen molar-refractivity contribution in [1.29, 1.82) is 0 Å². The highest BCUT2D eigenvalue weighted by atomic mass is 19.4. The van der Waals surface area contributed by atoms with Gasteiger partial charge in [0.25, 0.3) is 5.91 Å². The quantitative estimate of drug-likeness (QED) is 0.749. The number of nitrogens with one attached hydrogen (secondary N) is 2. The van der Waals surface area contributed by atoms with Crippen molar-refractivity contribution >= 4 is 5.91 Å². The first-order chi connectivity index (χ1) is 14.9. The van der Waals surface area contributed by atoms with E-state index < -0.39 is 23.4 Å². The van der Waals surface area contributed by atoms with Gasteiger partial charge in [0.1, 0.15) is 11.9 Å². The number of nitrogens with zero attached hydrogens (tertiary/aromatic N) is 1. The van der Waals surface area contributed by atoms with Gasteiger partial charge in [-0.15, -0.1) is 0 Å². The normalized spacial score (nSPS) is 21.0. The van der Waals surface area contributed by atoms with Gasteiger partial charge in [-0.2, -0.15) is 13.2 Å². The lowest BCUT2D eigenvalue weighted by Gasteiger charge is -2.28. The van der Waals surface area contributed by atoms with E-state index in [2.05, 4.69) is 10.6 Å². The van der Waals surface area contributed by atoms with E-state index in [0.717, 1.165) is 24.5 Å². The van der Waals surface area contributed by atoms with Crippen molar-refractivity contribution in [3.05, 3.63) is 107 Å². The SMILES string of the molecule is O=C(NC1(c2ccccc2)CC1)C1=C2C=CC=CN2C(c2ccccc2C(F)(F)F)N1. The molecule has 3 aliphatic rings. The number of hydrogen-bond donors (Lipinski definition) is 2. The molecule has 2 aliphatic heterocycles. The highest BCUT2D eigenvalue weighted by Gasteiger charge is 2.47. The van der Waals surface area contributed by atoms with Crippen LogP contribution in [0, 0.1) is 0 Å². The molecule has 7 heteroatoms. The maximum Gasteiger partial charge on any atom is 0.416 e. The van der Waals surface area contributed by atoms with Crippen LogP contribution in [-0.2, 0) is 16.5 Å². The molecule has 2 aromatic rings. The first kappa shape index (κ1) is 19.5. The number of alkyl halides is 3. The van der Waals surface area contributed by atoms with Crippen molar-refractivity contribution in [2.75, 3.05) is 0 Å². The summed E-state index contributed by atoms with van der Waals surface area (Å²) < 4.78 is 40.9. The first-order valence-corrected chi connectivity index (χ1v) is 10.1. The molecule has 1 unspecified atom stereocenters. The van der Waals surface area contributed by atoms with Crippen LogP contribution in [0.4, 0.5) is 13.2 Å². The molecule has 1 saturated carbocycles. The standard InChI is InChI=1S/C24H20F3N3O/c25-24(26,27)18-11-5-4-10-17(18)21-28-20(19-12-6-7-15-30(19)21)22(31)29-23(13-14-23)16-8-2-1-3-9-16/h1-12,15,21,28H,13-14H2,(H,29,31). The molecule has 1 fully saturated rings. The summed E-state index contributed by atoms with van der Waals surface area (Å²) in [5.74, 6) is -0.326. The summed E-state index contributed by atoms with van der Waals surface area (Å²) in [6.45, 7) is 0. The minimum atomic E-state index is -4.50. The van der Waals surface area contributed by atoms with Crippen LogP contribution in [0.3, 0.4) is 0 Å². The van der Waals surface area contributed by atoms with E-state index in [4.69, 9.17) is 0 Å². The molecule has 5 rings (SSSR count). The van der Waals surface area contributed by atoms with Crippen molar-refractivity contribution in [1.82, 2.24) is 15.5 Å². The summed E-state index contributed by atoms with van der Waals surface area (Å²) in [5, 5.41) is 6.16. The summed E-state index contributed by atoms with van der Waals surface area (Å²) in [6, 6.07) is 15.2. The molecular formula is C24H20F3N3O. The van der Waals surface area contributed by atoms with Crippen LogP contribution < -0.4 is 10.6 Å². The fourth-order valence-electron chi connectivity index (χ4n) is 4.22. The highest BCUT2D eigenvalue weighted by Crippen LogP contribution is 2.46. The van der Waals surface area contributed by atoms with E-state index in [0.29, 0.717) is 5.70 Å². The van der Waals surface area contributed by atoms with Gasteiger partial charge in [0.2, 0.25) is 0 Å². The van der Waals surface area contributed by atoms with Crippen molar-refractivity contribution in [2.24, 2.45) is 0 Å². The summed E-state index contributed by atoms with van der Waals surface area (Å²) in [6.07, 6.45) is 3.25. The average Bonchev–Trinajstić information content (AvgIpc) is 3.45. The topological polar surface area (TPSA) is 44.4 Å². The van der Waals surface area contributed by atoms with Crippen molar-refractivity contribution < 1.29 is 18.0 Å². The van der Waals surface area contributed by atoms with E-state index in [1.165, 1.54) is 12.1 Å². The second kappa shape index (κ2) is 7.04. The van der Waals surface area contributed by atoms with Gasteiger partial charge in [0.15, 0.2) is 0 Å². The molecule has 1 aliphatic carbocycles. The molecule has 1 atom stereocenters. The molecular weight excluding hydrogens is 403 g/mol. The lowest BCUT2D eigenvalue weighted by Crippen LogP contribution is -2.39. The third kappa shape index (κ3) is 3.40. The van der Waals surface area contributed by atoms with E-state index in [-0.39, 0.29) is 17.2 Å². The van der Waals surface area contributed by atoms with E-state index in [1.54, 1.807) is 35.4 Å². The number of fused-ring (bicyclic) bond motifs is 1. The minimum Gasteiger partial charge on any atom is -0.355 e. The Labute approximate surface area is 177 Å². The smallest absolute Gasteiger partial charge is 0.355 e. The van der Waals surface area contributed by atoms with E-state index in [9.17, 15) is 18.0 Å². The van der Waals surface area contributed by atoms with Gasteiger partial charge in [-0.05, 0) is 36.6 Å². The zero-order chi connectivity index (χ0) is 21.6. The van der Waals surface area contributed by atoms with Gasteiger partial charge in [-0.3, -0.25) is 4.79 Å². The Morgan fingerprint density at radius 3 is 2.45 bits per heavy atom. The van der Waals surface area contributed by atoms with Gasteiger partial charge < -0.3 is 15.5 Å². The number of amides is 1. The van der Waals surface area contributed by atoms with Crippen LogP contribution in [0.5, 0.6) is 0 Å². The predicted molar refractivity (Wildman–Crippen MR) is 110 cm³/mol. The largest absolute Gasteiger partial charge is 0.416 e. The number of hydrogen-bond acceptors (Lipinski definition) is 3. The van der Waals surface area contributed by atoms with Gasteiger partial charge in [0.05, 0.1) is 16.8 Å². The van der Waals surface area contributed by atoms with Gasteiger partial charge in [-0.25, -0.2) is 0 Å². The number of allylic oxidation sites excluding steroid dienone is 3. The zero-order valence-electron chi connectivity index (χ0n) is 16.5. The summed E-state index contributed by atoms with van der Waals surface area (Å²) in [5.41, 5.74) is 0.769. The Hall–Kier alpha value is -3.48. The Bertz CT molecular complexity index is 1110. The fraction of sp³-hybridized carbons (Fsp3) is 0.208. The Balaban J connectivity index is 1.47. The van der Waals surface area contributed by atoms with Gasteiger partial charge in [0, 0.05) is 11.8 Å². The van der Waals surface area contributed by atoms with Gasteiger partial charge in [-0.1, -0.05) is 54.6 Å². The maximum atomic E-state index is 13.6. The minimum absolute atomic E-state index is 0.0689.